The fourth-order valence-electron chi connectivity index (χ4n) is 4.82. The molecule has 3 aromatic heterocycles. The normalized spacial score (nSPS) is 19.4. The number of anilines is 2. The second kappa shape index (κ2) is 10.2. The van der Waals surface area contributed by atoms with Crippen molar-refractivity contribution >= 4 is 11.4 Å². The minimum atomic E-state index is -0.318. The van der Waals surface area contributed by atoms with E-state index in [2.05, 4.69) is 30.7 Å². The fourth-order valence-corrected chi connectivity index (χ4v) is 4.82. The molecule has 4 heterocycles. The van der Waals surface area contributed by atoms with E-state index in [0.29, 0.717) is 17.4 Å². The van der Waals surface area contributed by atoms with Crippen LogP contribution in [0.4, 0.5) is 11.4 Å². The molecule has 2 aliphatic rings. The zero-order valence-electron chi connectivity index (χ0n) is 20.8. The molecular weight excluding hydrogens is 442 g/mol. The molecule has 0 amide bonds. The van der Waals surface area contributed by atoms with E-state index in [-0.39, 0.29) is 11.7 Å². The molecule has 0 spiro atoms. The van der Waals surface area contributed by atoms with Crippen molar-refractivity contribution in [2.45, 2.75) is 51.2 Å². The first-order chi connectivity index (χ1) is 17.0. The van der Waals surface area contributed by atoms with Gasteiger partial charge in [-0.15, -0.1) is 10.2 Å². The van der Waals surface area contributed by atoms with Gasteiger partial charge in [0.25, 0.3) is 5.56 Å². The second-order valence-electron chi connectivity index (χ2n) is 10.0. The van der Waals surface area contributed by atoms with Crippen LogP contribution in [0.3, 0.4) is 0 Å². The molecule has 10 nitrogen and oxygen atoms in total. The number of nitrogens with zero attached hydrogens (tertiary/aromatic N) is 8. The van der Waals surface area contributed by atoms with Gasteiger partial charge in [0.15, 0.2) is 0 Å². The van der Waals surface area contributed by atoms with Crippen molar-refractivity contribution in [3.63, 3.8) is 0 Å². The predicted molar refractivity (Wildman–Crippen MR) is 137 cm³/mol. The zero-order chi connectivity index (χ0) is 24.4. The summed E-state index contributed by atoms with van der Waals surface area (Å²) >= 11 is 0. The number of rotatable bonds is 8. The summed E-state index contributed by atoms with van der Waals surface area (Å²) < 4.78 is 3.36. The molecule has 10 heteroatoms. The van der Waals surface area contributed by atoms with Crippen molar-refractivity contribution < 1.29 is 0 Å². The minimum Gasteiger partial charge on any atom is -0.376 e. The Kier molecular flexibility index (Phi) is 6.81. The van der Waals surface area contributed by atoms with Gasteiger partial charge < -0.3 is 15.1 Å². The standard InChI is InChI=1S/C25H35N9O/c1-18(34-17-24(29-30-34)23-12-22(31(2)3)15-27-28-23)33-11-9-21(13-25(33)35)32-10-5-8-20(16-32)26-14-19-6-4-7-19/h9,11-13,15,17-20,26H,4-8,10,14,16H2,1-3H3/t18?,20-/m1/s1. The lowest BCUT2D eigenvalue weighted by Gasteiger charge is -2.36. The summed E-state index contributed by atoms with van der Waals surface area (Å²) in [7, 11) is 3.90. The smallest absolute Gasteiger partial charge is 0.254 e. The molecule has 1 saturated carbocycles. The van der Waals surface area contributed by atoms with Gasteiger partial charge in [-0.2, -0.15) is 5.10 Å². The maximum absolute atomic E-state index is 13.1. The van der Waals surface area contributed by atoms with Crippen molar-refractivity contribution in [3.8, 4) is 11.4 Å². The molecule has 3 aromatic rings. The van der Waals surface area contributed by atoms with E-state index in [1.54, 1.807) is 27.7 Å². The molecule has 0 bridgehead atoms. The Morgan fingerprint density at radius 3 is 2.74 bits per heavy atom. The number of hydrogen-bond acceptors (Lipinski definition) is 8. The van der Waals surface area contributed by atoms with E-state index in [4.69, 9.17) is 0 Å². The first-order valence-corrected chi connectivity index (χ1v) is 12.6. The van der Waals surface area contributed by atoms with Crippen LogP contribution in [0.25, 0.3) is 11.4 Å². The lowest BCUT2D eigenvalue weighted by Crippen LogP contribution is -2.47. The Hall–Kier alpha value is -3.27. The third kappa shape index (κ3) is 5.22. The molecule has 0 radical (unpaired) electrons. The van der Waals surface area contributed by atoms with Gasteiger partial charge in [-0.3, -0.25) is 9.36 Å². The lowest BCUT2D eigenvalue weighted by molar-refractivity contribution is 0.280. The average Bonchev–Trinajstić information content (AvgIpc) is 3.33. The molecule has 2 atom stereocenters. The van der Waals surface area contributed by atoms with Crippen molar-refractivity contribution in [2.24, 2.45) is 5.92 Å². The summed E-state index contributed by atoms with van der Waals surface area (Å²) in [5, 5.41) is 20.5. The lowest BCUT2D eigenvalue weighted by atomic mass is 9.85. The van der Waals surface area contributed by atoms with E-state index < -0.39 is 0 Å². The number of piperidine rings is 1. The summed E-state index contributed by atoms with van der Waals surface area (Å²) in [6, 6.07) is 6.19. The number of pyridine rings is 1. The van der Waals surface area contributed by atoms with Crippen LogP contribution >= 0.6 is 0 Å². The summed E-state index contributed by atoms with van der Waals surface area (Å²) in [4.78, 5) is 17.4. The number of aromatic nitrogens is 6. The summed E-state index contributed by atoms with van der Waals surface area (Å²) in [6.45, 7) is 5.00. The van der Waals surface area contributed by atoms with E-state index >= 15 is 0 Å². The van der Waals surface area contributed by atoms with Gasteiger partial charge in [-0.25, -0.2) is 4.68 Å². The Morgan fingerprint density at radius 2 is 2.00 bits per heavy atom. The highest BCUT2D eigenvalue weighted by molar-refractivity contribution is 5.58. The largest absolute Gasteiger partial charge is 0.376 e. The Morgan fingerprint density at radius 1 is 1.14 bits per heavy atom. The van der Waals surface area contributed by atoms with Crippen LogP contribution in [-0.4, -0.2) is 69.5 Å². The van der Waals surface area contributed by atoms with Crippen molar-refractivity contribution in [1.29, 1.82) is 0 Å². The zero-order valence-corrected chi connectivity index (χ0v) is 20.8. The maximum atomic E-state index is 13.1. The molecule has 0 aromatic carbocycles. The average molecular weight is 478 g/mol. The molecule has 1 saturated heterocycles. The minimum absolute atomic E-state index is 0.0500. The highest BCUT2D eigenvalue weighted by Gasteiger charge is 2.23. The van der Waals surface area contributed by atoms with Gasteiger partial charge in [-0.1, -0.05) is 11.6 Å². The SMILES string of the molecule is CC(n1cc(-c2cc(N(C)C)cnn2)nn1)n1ccc(N2CCC[C@@H](NCC3CCC3)C2)cc1=O. The Labute approximate surface area is 206 Å². The van der Waals surface area contributed by atoms with E-state index in [1.807, 2.05) is 44.2 Å². The first kappa shape index (κ1) is 23.5. The summed E-state index contributed by atoms with van der Waals surface area (Å²) in [5.41, 5.74) is 3.13. The van der Waals surface area contributed by atoms with E-state index in [1.165, 1.54) is 25.7 Å². The van der Waals surface area contributed by atoms with Crippen LogP contribution in [0, 0.1) is 5.92 Å². The van der Waals surface area contributed by atoms with Crippen LogP contribution < -0.4 is 20.7 Å². The van der Waals surface area contributed by atoms with E-state index in [9.17, 15) is 4.79 Å². The van der Waals surface area contributed by atoms with Crippen molar-refractivity contribution in [1.82, 2.24) is 35.1 Å². The Balaban J connectivity index is 1.27. The van der Waals surface area contributed by atoms with E-state index in [0.717, 1.165) is 43.3 Å². The predicted octanol–water partition coefficient (Wildman–Crippen LogP) is 2.39. The van der Waals surface area contributed by atoms with Crippen LogP contribution in [0.2, 0.25) is 0 Å². The Bertz CT molecular complexity index is 1200. The molecule has 1 aliphatic carbocycles. The number of hydrogen-bond donors (Lipinski definition) is 1. The van der Waals surface area contributed by atoms with Crippen molar-refractivity contribution in [2.75, 3.05) is 43.5 Å². The third-order valence-electron chi connectivity index (χ3n) is 7.35. The first-order valence-electron chi connectivity index (χ1n) is 12.6. The molecule has 5 rings (SSSR count). The molecule has 1 N–H and O–H groups in total. The monoisotopic (exact) mass is 477 g/mol. The van der Waals surface area contributed by atoms with Gasteiger partial charge in [0.1, 0.15) is 17.6 Å². The molecule has 35 heavy (non-hydrogen) atoms. The second-order valence-corrected chi connectivity index (χ2v) is 10.0. The summed E-state index contributed by atoms with van der Waals surface area (Å²) in [6.07, 6.45) is 11.5. The van der Waals surface area contributed by atoms with Crippen LogP contribution in [0.15, 0.2) is 41.6 Å². The highest BCUT2D eigenvalue weighted by Crippen LogP contribution is 2.26. The fraction of sp³-hybridized carbons (Fsp3) is 0.560. The van der Waals surface area contributed by atoms with Crippen molar-refractivity contribution in [3.05, 3.63) is 47.1 Å². The van der Waals surface area contributed by atoms with Gasteiger partial charge in [0.2, 0.25) is 0 Å². The number of nitrogens with one attached hydrogen (secondary N) is 1. The maximum Gasteiger partial charge on any atom is 0.254 e. The van der Waals surface area contributed by atoms with Crippen LogP contribution in [0.1, 0.15) is 45.2 Å². The summed E-state index contributed by atoms with van der Waals surface area (Å²) in [5.74, 6) is 0.858. The van der Waals surface area contributed by atoms with Gasteiger partial charge in [0, 0.05) is 51.2 Å². The van der Waals surface area contributed by atoms with Gasteiger partial charge in [-0.05, 0) is 57.2 Å². The quantitative estimate of drug-likeness (QED) is 0.528. The molecule has 1 unspecified atom stereocenters. The third-order valence-corrected chi connectivity index (χ3v) is 7.35. The van der Waals surface area contributed by atoms with Crippen LogP contribution in [0.5, 0.6) is 0 Å². The molecule has 186 valence electrons. The van der Waals surface area contributed by atoms with Gasteiger partial charge in [0.05, 0.1) is 18.1 Å². The highest BCUT2D eigenvalue weighted by atomic mass is 16.1. The van der Waals surface area contributed by atoms with Gasteiger partial charge >= 0.3 is 0 Å². The molecule has 2 fully saturated rings. The molecule has 1 aliphatic heterocycles. The van der Waals surface area contributed by atoms with Crippen LogP contribution in [-0.2, 0) is 0 Å². The molecular formula is C25H35N9O. The topological polar surface area (TPSA) is 97.0 Å².